The van der Waals surface area contributed by atoms with Gasteiger partial charge in [-0.05, 0) is 48.6 Å². The van der Waals surface area contributed by atoms with Crippen molar-refractivity contribution in [1.82, 2.24) is 0 Å². The highest BCUT2D eigenvalue weighted by Crippen LogP contribution is 2.46. The SMILES string of the molecule is COc1ccc2c(c1)N(C)/C(=C/C=C/C=Nc1ccc(C(=O)O)cc1)S2. The zero-order chi connectivity index (χ0) is 18.5. The van der Waals surface area contributed by atoms with Gasteiger partial charge < -0.3 is 14.7 Å². The van der Waals surface area contributed by atoms with Crippen molar-refractivity contribution in [2.24, 2.45) is 4.99 Å². The van der Waals surface area contributed by atoms with E-state index in [9.17, 15) is 4.79 Å². The third-order valence-corrected chi connectivity index (χ3v) is 5.03. The molecule has 1 aliphatic rings. The third-order valence-electron chi connectivity index (χ3n) is 3.85. The first kappa shape index (κ1) is 17.8. The number of nitrogens with zero attached hydrogens (tertiary/aromatic N) is 2. The van der Waals surface area contributed by atoms with Gasteiger partial charge in [-0.1, -0.05) is 17.8 Å². The molecule has 26 heavy (non-hydrogen) atoms. The molecule has 0 aromatic heterocycles. The first-order valence-corrected chi connectivity index (χ1v) is 8.74. The quantitative estimate of drug-likeness (QED) is 0.775. The molecule has 1 aliphatic heterocycles. The predicted octanol–water partition coefficient (Wildman–Crippen LogP) is 4.74. The van der Waals surface area contributed by atoms with Crippen molar-refractivity contribution in [3.63, 3.8) is 0 Å². The molecular formula is C20H18N2O3S. The molecule has 0 bridgehead atoms. The summed E-state index contributed by atoms with van der Waals surface area (Å²) in [5, 5.41) is 9.99. The molecule has 6 heteroatoms. The number of thioether (sulfide) groups is 1. The Morgan fingerprint density at radius 1 is 1.19 bits per heavy atom. The van der Waals surface area contributed by atoms with Crippen LogP contribution < -0.4 is 9.64 Å². The maximum Gasteiger partial charge on any atom is 0.335 e. The molecule has 1 N–H and O–H groups in total. The van der Waals surface area contributed by atoms with Crippen molar-refractivity contribution in [2.75, 3.05) is 19.1 Å². The van der Waals surface area contributed by atoms with Gasteiger partial charge in [0.2, 0.25) is 0 Å². The third kappa shape index (κ3) is 3.97. The van der Waals surface area contributed by atoms with Crippen LogP contribution in [0.4, 0.5) is 11.4 Å². The van der Waals surface area contributed by atoms with E-state index in [1.165, 1.54) is 17.0 Å². The summed E-state index contributed by atoms with van der Waals surface area (Å²) < 4.78 is 5.28. The number of hydrogen-bond donors (Lipinski definition) is 1. The summed E-state index contributed by atoms with van der Waals surface area (Å²) in [5.74, 6) is -0.0992. The van der Waals surface area contributed by atoms with Gasteiger partial charge in [0.15, 0.2) is 0 Å². The Bertz CT molecular complexity index is 902. The summed E-state index contributed by atoms with van der Waals surface area (Å²) in [6.07, 6.45) is 7.48. The number of carboxylic acid groups (broad SMARTS) is 1. The molecule has 132 valence electrons. The van der Waals surface area contributed by atoms with Crippen LogP contribution in [0.2, 0.25) is 0 Å². The molecule has 0 amide bonds. The number of aliphatic imine (C=N–C) groups is 1. The molecule has 0 spiro atoms. The van der Waals surface area contributed by atoms with Crippen LogP contribution in [0.3, 0.4) is 0 Å². The molecule has 0 fully saturated rings. The normalized spacial score (nSPS) is 15.2. The number of methoxy groups -OCH3 is 1. The Balaban J connectivity index is 1.63. The smallest absolute Gasteiger partial charge is 0.335 e. The van der Waals surface area contributed by atoms with Crippen LogP contribution in [0, 0.1) is 0 Å². The minimum Gasteiger partial charge on any atom is -0.497 e. The molecule has 5 nitrogen and oxygen atoms in total. The van der Waals surface area contributed by atoms with E-state index in [4.69, 9.17) is 9.84 Å². The lowest BCUT2D eigenvalue weighted by Crippen LogP contribution is -2.09. The Labute approximate surface area is 156 Å². The number of hydrogen-bond acceptors (Lipinski definition) is 5. The number of ether oxygens (including phenoxy) is 1. The van der Waals surface area contributed by atoms with Crippen LogP contribution >= 0.6 is 11.8 Å². The number of anilines is 1. The van der Waals surface area contributed by atoms with Crippen molar-refractivity contribution < 1.29 is 14.6 Å². The largest absolute Gasteiger partial charge is 0.497 e. The molecule has 0 radical (unpaired) electrons. The van der Waals surface area contributed by atoms with Gasteiger partial charge in [-0.15, -0.1) is 0 Å². The van der Waals surface area contributed by atoms with Crippen LogP contribution in [-0.2, 0) is 0 Å². The Morgan fingerprint density at radius 2 is 1.96 bits per heavy atom. The van der Waals surface area contributed by atoms with Crippen LogP contribution in [0.25, 0.3) is 0 Å². The van der Waals surface area contributed by atoms with Crippen molar-refractivity contribution >= 4 is 35.3 Å². The lowest BCUT2D eigenvalue weighted by atomic mass is 10.2. The van der Waals surface area contributed by atoms with E-state index >= 15 is 0 Å². The summed E-state index contributed by atoms with van der Waals surface area (Å²) in [6, 6.07) is 12.5. The average molecular weight is 366 g/mol. The second-order valence-corrected chi connectivity index (χ2v) is 6.58. The summed E-state index contributed by atoms with van der Waals surface area (Å²) in [7, 11) is 3.69. The van der Waals surface area contributed by atoms with Crippen LogP contribution in [0.5, 0.6) is 5.75 Å². The highest BCUT2D eigenvalue weighted by molar-refractivity contribution is 8.03. The minimum absolute atomic E-state index is 0.252. The van der Waals surface area contributed by atoms with E-state index in [1.54, 1.807) is 37.2 Å². The first-order valence-electron chi connectivity index (χ1n) is 7.92. The zero-order valence-corrected chi connectivity index (χ0v) is 15.2. The van der Waals surface area contributed by atoms with Crippen molar-refractivity contribution in [1.29, 1.82) is 0 Å². The second-order valence-electron chi connectivity index (χ2n) is 5.51. The topological polar surface area (TPSA) is 62.1 Å². The van der Waals surface area contributed by atoms with Gasteiger partial charge >= 0.3 is 5.97 Å². The number of aromatic carboxylic acids is 1. The van der Waals surface area contributed by atoms with Crippen LogP contribution in [0.1, 0.15) is 10.4 Å². The van der Waals surface area contributed by atoms with Crippen LogP contribution in [0.15, 0.2) is 75.6 Å². The maximum absolute atomic E-state index is 10.8. The lowest BCUT2D eigenvalue weighted by Gasteiger charge is -2.13. The number of carbonyl (C=O) groups is 1. The summed E-state index contributed by atoms with van der Waals surface area (Å²) in [6.45, 7) is 0. The number of benzene rings is 2. The van der Waals surface area contributed by atoms with Crippen molar-refractivity contribution in [2.45, 2.75) is 4.90 Å². The molecule has 0 saturated carbocycles. The van der Waals surface area contributed by atoms with E-state index in [-0.39, 0.29) is 5.56 Å². The first-order chi connectivity index (χ1) is 12.6. The van der Waals surface area contributed by atoms with Crippen LogP contribution in [-0.4, -0.2) is 31.4 Å². The summed E-state index contributed by atoms with van der Waals surface area (Å²) in [5.41, 5.74) is 2.09. The maximum atomic E-state index is 10.8. The van der Waals surface area contributed by atoms with Gasteiger partial charge in [-0.2, -0.15) is 0 Å². The monoisotopic (exact) mass is 366 g/mol. The van der Waals surface area contributed by atoms with Gasteiger partial charge in [-0.25, -0.2) is 4.79 Å². The summed E-state index contributed by atoms with van der Waals surface area (Å²) in [4.78, 5) is 18.4. The number of fused-ring (bicyclic) bond motifs is 1. The van der Waals surface area contributed by atoms with E-state index in [0.717, 1.165) is 16.5 Å². The fraction of sp³-hybridized carbons (Fsp3) is 0.100. The highest BCUT2D eigenvalue weighted by atomic mass is 32.2. The Hall–Kier alpha value is -2.99. The summed E-state index contributed by atoms with van der Waals surface area (Å²) >= 11 is 1.70. The second kappa shape index (κ2) is 7.93. The van der Waals surface area contributed by atoms with E-state index in [0.29, 0.717) is 5.69 Å². The van der Waals surface area contributed by atoms with Gasteiger partial charge in [-0.3, -0.25) is 4.99 Å². The standard InChI is InChI=1S/C20H18N2O3S/c1-22-17-13-16(25-2)10-11-18(17)26-19(22)5-3-4-12-21-15-8-6-14(7-9-15)20(23)24/h3-13H,1-2H3,(H,23,24)/b4-3+,19-5-,21-12?. The molecule has 2 aromatic rings. The van der Waals surface area contributed by atoms with E-state index < -0.39 is 5.97 Å². The lowest BCUT2D eigenvalue weighted by molar-refractivity contribution is 0.0697. The molecule has 3 rings (SSSR count). The zero-order valence-electron chi connectivity index (χ0n) is 14.4. The predicted molar refractivity (Wildman–Crippen MR) is 106 cm³/mol. The fourth-order valence-electron chi connectivity index (χ4n) is 2.42. The fourth-order valence-corrected chi connectivity index (χ4v) is 3.47. The molecule has 2 aromatic carbocycles. The molecule has 1 heterocycles. The van der Waals surface area contributed by atoms with Gasteiger partial charge in [0.1, 0.15) is 5.75 Å². The number of carboxylic acids is 1. The average Bonchev–Trinajstić information content (AvgIpc) is 2.97. The van der Waals surface area contributed by atoms with Gasteiger partial charge in [0.25, 0.3) is 0 Å². The molecule has 0 atom stereocenters. The Kier molecular flexibility index (Phi) is 5.43. The number of rotatable bonds is 5. The van der Waals surface area contributed by atoms with Gasteiger partial charge in [0.05, 0.1) is 29.1 Å². The minimum atomic E-state index is -0.941. The molecule has 0 unspecified atom stereocenters. The highest BCUT2D eigenvalue weighted by Gasteiger charge is 2.21. The van der Waals surface area contributed by atoms with E-state index in [1.807, 2.05) is 37.4 Å². The number of allylic oxidation sites excluding steroid dienone is 3. The van der Waals surface area contributed by atoms with Crippen molar-refractivity contribution in [3.8, 4) is 5.75 Å². The Morgan fingerprint density at radius 3 is 2.65 bits per heavy atom. The molecular weight excluding hydrogens is 348 g/mol. The van der Waals surface area contributed by atoms with Crippen molar-refractivity contribution in [3.05, 3.63) is 71.3 Å². The molecule has 0 saturated heterocycles. The van der Waals surface area contributed by atoms with Gasteiger partial charge in [0, 0.05) is 24.2 Å². The molecule has 0 aliphatic carbocycles. The van der Waals surface area contributed by atoms with E-state index in [2.05, 4.69) is 16.0 Å².